The molecule has 0 atom stereocenters. The molecule has 5 nitrogen and oxygen atoms in total. The van der Waals surface area contributed by atoms with Crippen LogP contribution >= 0.6 is 0 Å². The highest BCUT2D eigenvalue weighted by Crippen LogP contribution is 2.21. The Bertz CT molecular complexity index is 966. The van der Waals surface area contributed by atoms with Crippen LogP contribution in [0.15, 0.2) is 53.3 Å². The molecule has 0 fully saturated rings. The minimum Gasteiger partial charge on any atom is -0.319 e. The first-order chi connectivity index (χ1) is 11.6. The van der Waals surface area contributed by atoms with Gasteiger partial charge in [-0.25, -0.2) is 9.18 Å². The van der Waals surface area contributed by atoms with Crippen LogP contribution in [0.2, 0.25) is 0 Å². The quantitative estimate of drug-likeness (QED) is 0.684. The van der Waals surface area contributed by atoms with Crippen molar-refractivity contribution in [3.8, 4) is 0 Å². The highest BCUT2D eigenvalue weighted by molar-refractivity contribution is 6.01. The van der Waals surface area contributed by atoms with Gasteiger partial charge in [0.2, 0.25) is 5.56 Å². The van der Waals surface area contributed by atoms with Gasteiger partial charge in [-0.2, -0.15) is 0 Å². The Morgan fingerprint density at radius 3 is 2.71 bits per heavy atom. The van der Waals surface area contributed by atoms with Gasteiger partial charge in [0.25, 0.3) is 0 Å². The summed E-state index contributed by atoms with van der Waals surface area (Å²) in [5.41, 5.74) is 1.76. The standard InChI is InChI=1S/C18H16FN3O2/c1-2-11-5-3-4-6-15(11)21-18(24)20-13-9-12-7-8-16(23)22-17(12)14(19)10-13/h3-10H,2H2,1H3,(H,22,23)(H2,20,21,24). The third-order valence-electron chi connectivity index (χ3n) is 3.69. The summed E-state index contributed by atoms with van der Waals surface area (Å²) >= 11 is 0. The number of aromatic nitrogens is 1. The van der Waals surface area contributed by atoms with Gasteiger partial charge >= 0.3 is 6.03 Å². The van der Waals surface area contributed by atoms with Crippen molar-refractivity contribution >= 4 is 28.3 Å². The molecule has 3 N–H and O–H groups in total. The largest absolute Gasteiger partial charge is 0.323 e. The second-order valence-electron chi connectivity index (χ2n) is 5.33. The molecule has 122 valence electrons. The average molecular weight is 325 g/mol. The fourth-order valence-electron chi connectivity index (χ4n) is 2.53. The first-order valence-electron chi connectivity index (χ1n) is 7.55. The number of para-hydroxylation sites is 1. The number of pyridine rings is 1. The lowest BCUT2D eigenvalue weighted by atomic mass is 10.1. The first-order valence-corrected chi connectivity index (χ1v) is 7.55. The number of benzene rings is 2. The van der Waals surface area contributed by atoms with Gasteiger partial charge in [-0.3, -0.25) is 4.79 Å². The van der Waals surface area contributed by atoms with Crippen LogP contribution in [-0.4, -0.2) is 11.0 Å². The molecule has 0 aliphatic heterocycles. The fraction of sp³-hybridized carbons (Fsp3) is 0.111. The predicted molar refractivity (Wildman–Crippen MR) is 93.0 cm³/mol. The highest BCUT2D eigenvalue weighted by Gasteiger charge is 2.09. The van der Waals surface area contributed by atoms with Gasteiger partial charge in [0.15, 0.2) is 0 Å². The van der Waals surface area contributed by atoms with Crippen molar-refractivity contribution in [2.45, 2.75) is 13.3 Å². The van der Waals surface area contributed by atoms with Crippen molar-refractivity contribution in [2.24, 2.45) is 0 Å². The molecule has 3 rings (SSSR count). The lowest BCUT2D eigenvalue weighted by Gasteiger charge is -2.11. The minimum atomic E-state index is -0.602. The number of nitrogens with one attached hydrogen (secondary N) is 3. The maximum Gasteiger partial charge on any atom is 0.323 e. The molecule has 1 heterocycles. The zero-order valence-electron chi connectivity index (χ0n) is 13.0. The summed E-state index contributed by atoms with van der Waals surface area (Å²) < 4.78 is 14.1. The lowest BCUT2D eigenvalue weighted by molar-refractivity contribution is 0.262. The van der Waals surface area contributed by atoms with Crippen LogP contribution in [-0.2, 0) is 6.42 Å². The van der Waals surface area contributed by atoms with Crippen molar-refractivity contribution in [1.29, 1.82) is 0 Å². The van der Waals surface area contributed by atoms with E-state index in [9.17, 15) is 14.0 Å². The van der Waals surface area contributed by atoms with Gasteiger partial charge in [0.05, 0.1) is 5.52 Å². The van der Waals surface area contributed by atoms with Gasteiger partial charge in [-0.1, -0.05) is 25.1 Å². The van der Waals surface area contributed by atoms with Gasteiger partial charge in [0, 0.05) is 22.8 Å². The van der Waals surface area contributed by atoms with Crippen molar-refractivity contribution < 1.29 is 9.18 Å². The summed E-state index contributed by atoms with van der Waals surface area (Å²) in [5, 5.41) is 5.86. The summed E-state index contributed by atoms with van der Waals surface area (Å²) in [4.78, 5) is 25.8. The molecule has 2 amide bonds. The van der Waals surface area contributed by atoms with E-state index in [0.717, 1.165) is 12.0 Å². The molecular weight excluding hydrogens is 309 g/mol. The van der Waals surface area contributed by atoms with Crippen LogP contribution in [0, 0.1) is 5.82 Å². The lowest BCUT2D eigenvalue weighted by Crippen LogP contribution is -2.20. The number of aryl methyl sites for hydroxylation is 1. The molecule has 3 aromatic rings. The van der Waals surface area contributed by atoms with Gasteiger partial charge in [-0.05, 0) is 36.2 Å². The van der Waals surface area contributed by atoms with Crippen LogP contribution in [0.25, 0.3) is 10.9 Å². The predicted octanol–water partition coefficient (Wildman–Crippen LogP) is 3.87. The number of carbonyl (C=O) groups excluding carboxylic acids is 1. The molecule has 0 spiro atoms. The number of anilines is 2. The second kappa shape index (κ2) is 6.54. The number of fused-ring (bicyclic) bond motifs is 1. The summed E-state index contributed by atoms with van der Waals surface area (Å²) in [6, 6.07) is 12.6. The van der Waals surface area contributed by atoms with Gasteiger partial charge in [-0.15, -0.1) is 0 Å². The highest BCUT2D eigenvalue weighted by atomic mass is 19.1. The average Bonchev–Trinajstić information content (AvgIpc) is 2.56. The van der Waals surface area contributed by atoms with Crippen LogP contribution in [0.4, 0.5) is 20.6 Å². The Morgan fingerprint density at radius 1 is 1.12 bits per heavy atom. The summed E-state index contributed by atoms with van der Waals surface area (Å²) in [7, 11) is 0. The maximum absolute atomic E-state index is 14.1. The number of hydrogen-bond donors (Lipinski definition) is 3. The molecule has 2 aromatic carbocycles. The molecule has 0 aliphatic carbocycles. The van der Waals surface area contributed by atoms with E-state index >= 15 is 0 Å². The fourth-order valence-corrected chi connectivity index (χ4v) is 2.53. The monoisotopic (exact) mass is 325 g/mol. The van der Waals surface area contributed by atoms with E-state index in [-0.39, 0.29) is 11.1 Å². The number of aromatic amines is 1. The normalized spacial score (nSPS) is 10.6. The molecule has 0 bridgehead atoms. The van der Waals surface area contributed by atoms with Crippen molar-refractivity contribution in [3.05, 3.63) is 70.3 Å². The number of rotatable bonds is 3. The van der Waals surface area contributed by atoms with Crippen LogP contribution in [0.3, 0.4) is 0 Å². The van der Waals surface area contributed by atoms with Crippen LogP contribution in [0.5, 0.6) is 0 Å². The Labute approximate surface area is 137 Å². The van der Waals surface area contributed by atoms with E-state index in [0.29, 0.717) is 16.8 Å². The Hall–Kier alpha value is -3.15. The second-order valence-corrected chi connectivity index (χ2v) is 5.33. The number of hydrogen-bond acceptors (Lipinski definition) is 2. The van der Waals surface area contributed by atoms with Crippen molar-refractivity contribution in [1.82, 2.24) is 4.98 Å². The molecular formula is C18H16FN3O2. The van der Waals surface area contributed by atoms with Crippen molar-refractivity contribution in [3.63, 3.8) is 0 Å². The maximum atomic E-state index is 14.1. The number of amides is 2. The van der Waals surface area contributed by atoms with E-state index in [1.54, 1.807) is 6.07 Å². The van der Waals surface area contributed by atoms with Gasteiger partial charge < -0.3 is 15.6 Å². The summed E-state index contributed by atoms with van der Waals surface area (Å²) in [5.74, 6) is -0.602. The summed E-state index contributed by atoms with van der Waals surface area (Å²) in [6.45, 7) is 2.00. The zero-order chi connectivity index (χ0) is 17.1. The molecule has 0 saturated heterocycles. The third kappa shape index (κ3) is 3.27. The van der Waals surface area contributed by atoms with Crippen LogP contribution < -0.4 is 16.2 Å². The molecule has 1 aromatic heterocycles. The van der Waals surface area contributed by atoms with Crippen molar-refractivity contribution in [2.75, 3.05) is 10.6 Å². The third-order valence-corrected chi connectivity index (χ3v) is 3.69. The summed E-state index contributed by atoms with van der Waals surface area (Å²) in [6.07, 6.45) is 0.786. The number of H-pyrrole nitrogens is 1. The van der Waals surface area contributed by atoms with E-state index in [4.69, 9.17) is 0 Å². The number of carbonyl (C=O) groups is 1. The minimum absolute atomic E-state index is 0.116. The van der Waals surface area contributed by atoms with E-state index < -0.39 is 11.8 Å². The Morgan fingerprint density at radius 2 is 1.92 bits per heavy atom. The van der Waals surface area contributed by atoms with Gasteiger partial charge in [0.1, 0.15) is 5.82 Å². The smallest absolute Gasteiger partial charge is 0.319 e. The molecule has 0 unspecified atom stereocenters. The molecule has 0 aliphatic rings. The number of urea groups is 1. The Balaban J connectivity index is 1.83. The molecule has 0 saturated carbocycles. The topological polar surface area (TPSA) is 74.0 Å². The van der Waals surface area contributed by atoms with E-state index in [2.05, 4.69) is 15.6 Å². The van der Waals surface area contributed by atoms with E-state index in [1.165, 1.54) is 18.2 Å². The molecule has 0 radical (unpaired) electrons. The SMILES string of the molecule is CCc1ccccc1NC(=O)Nc1cc(F)c2[nH]c(=O)ccc2c1. The zero-order valence-corrected chi connectivity index (χ0v) is 13.0. The number of halogens is 1. The Kier molecular flexibility index (Phi) is 4.29. The molecule has 6 heteroatoms. The van der Waals surface area contributed by atoms with E-state index in [1.807, 2.05) is 31.2 Å². The first kappa shape index (κ1) is 15.7. The van der Waals surface area contributed by atoms with Crippen LogP contribution in [0.1, 0.15) is 12.5 Å². The molecule has 24 heavy (non-hydrogen) atoms.